The number of fused-ring (bicyclic) bond motifs is 1. The number of carbonyl (C=O) groups excluding carboxylic acids is 1. The molecule has 1 aliphatic heterocycles. The number of halogens is 3. The lowest BCUT2D eigenvalue weighted by Crippen LogP contribution is -2.36. The minimum absolute atomic E-state index is 0.166. The minimum Gasteiger partial charge on any atom is -0.396 e. The summed E-state index contributed by atoms with van der Waals surface area (Å²) in [6.45, 7) is 4.06. The van der Waals surface area contributed by atoms with Gasteiger partial charge in [0.1, 0.15) is 23.2 Å². The molecule has 1 aromatic carbocycles. The van der Waals surface area contributed by atoms with Gasteiger partial charge in [0.15, 0.2) is 0 Å². The Labute approximate surface area is 221 Å². The van der Waals surface area contributed by atoms with Gasteiger partial charge in [0.2, 0.25) is 0 Å². The second-order valence-electron chi connectivity index (χ2n) is 10.0. The van der Waals surface area contributed by atoms with Crippen LogP contribution in [0.15, 0.2) is 54.9 Å². The van der Waals surface area contributed by atoms with Crippen LogP contribution in [-0.4, -0.2) is 53.6 Å². The second-order valence-corrected chi connectivity index (χ2v) is 12.2. The number of carbonyl (C=O) groups is 1. The molecule has 4 rings (SSSR count). The number of aliphatic hydroxyl groups excluding tert-OH is 1. The van der Waals surface area contributed by atoms with E-state index in [1.165, 1.54) is 6.07 Å². The Balaban J connectivity index is 1.87. The SMILES string of the molecule is CC(C)(C)S(=O)N1Cc2cc(C(=O)NCC(F)(F)F)nc(-c3cccc(-c4cccnc4)c3)c2[C@H]1CCO. The van der Waals surface area contributed by atoms with Crippen LogP contribution in [0.5, 0.6) is 0 Å². The van der Waals surface area contributed by atoms with Crippen LogP contribution in [0.1, 0.15) is 54.8 Å². The fraction of sp³-hybridized carbons (Fsp3) is 0.370. The molecule has 0 bridgehead atoms. The number of pyridine rings is 2. The molecule has 3 heterocycles. The first-order chi connectivity index (χ1) is 17.9. The number of nitrogens with one attached hydrogen (secondary N) is 1. The quantitative estimate of drug-likeness (QED) is 0.444. The molecule has 0 saturated heterocycles. The lowest BCUT2D eigenvalue weighted by atomic mass is 9.94. The van der Waals surface area contributed by atoms with E-state index in [4.69, 9.17) is 0 Å². The van der Waals surface area contributed by atoms with E-state index in [2.05, 4.69) is 9.97 Å². The van der Waals surface area contributed by atoms with Crippen LogP contribution in [0.3, 0.4) is 0 Å². The van der Waals surface area contributed by atoms with E-state index in [1.54, 1.807) is 28.8 Å². The van der Waals surface area contributed by atoms with Gasteiger partial charge in [-0.1, -0.05) is 24.3 Å². The summed E-state index contributed by atoms with van der Waals surface area (Å²) < 4.78 is 53.0. The first kappa shape index (κ1) is 27.9. The maximum absolute atomic E-state index is 13.5. The van der Waals surface area contributed by atoms with E-state index in [-0.39, 0.29) is 25.3 Å². The zero-order valence-electron chi connectivity index (χ0n) is 21.2. The van der Waals surface area contributed by atoms with Gasteiger partial charge in [0.05, 0.1) is 16.5 Å². The van der Waals surface area contributed by atoms with E-state index >= 15 is 0 Å². The summed E-state index contributed by atoms with van der Waals surface area (Å²) in [6.07, 6.45) is -0.930. The van der Waals surface area contributed by atoms with E-state index < -0.39 is 40.4 Å². The molecule has 0 spiro atoms. The largest absolute Gasteiger partial charge is 0.405 e. The van der Waals surface area contributed by atoms with Crippen molar-refractivity contribution >= 4 is 16.9 Å². The number of hydrogen-bond acceptors (Lipinski definition) is 5. The Morgan fingerprint density at radius 1 is 1.13 bits per heavy atom. The van der Waals surface area contributed by atoms with Gasteiger partial charge in [-0.3, -0.25) is 9.78 Å². The molecular formula is C27H29F3N4O3S. The molecule has 38 heavy (non-hydrogen) atoms. The molecule has 7 nitrogen and oxygen atoms in total. The van der Waals surface area contributed by atoms with Gasteiger partial charge in [-0.15, -0.1) is 0 Å². The third-order valence-electron chi connectivity index (χ3n) is 6.10. The molecule has 0 saturated carbocycles. The average Bonchev–Trinajstić information content (AvgIpc) is 3.24. The van der Waals surface area contributed by atoms with E-state index in [1.807, 2.05) is 50.4 Å². The number of benzene rings is 1. The van der Waals surface area contributed by atoms with Crippen LogP contribution in [0.25, 0.3) is 22.4 Å². The van der Waals surface area contributed by atoms with Gasteiger partial charge in [-0.25, -0.2) is 13.5 Å². The molecule has 1 aliphatic rings. The van der Waals surface area contributed by atoms with Crippen molar-refractivity contribution in [2.45, 2.75) is 50.7 Å². The number of amides is 1. The summed E-state index contributed by atoms with van der Waals surface area (Å²) in [6, 6.07) is 12.1. The number of aliphatic hydroxyl groups is 1. The second kappa shape index (κ2) is 10.9. The highest BCUT2D eigenvalue weighted by atomic mass is 32.2. The fourth-order valence-electron chi connectivity index (χ4n) is 4.46. The molecule has 2 aromatic heterocycles. The Bertz CT molecular complexity index is 1340. The molecule has 2 N–H and O–H groups in total. The number of aromatic nitrogens is 2. The molecule has 1 unspecified atom stereocenters. The topological polar surface area (TPSA) is 95.4 Å². The minimum atomic E-state index is -4.57. The Kier molecular flexibility index (Phi) is 8.01. The summed E-state index contributed by atoms with van der Waals surface area (Å²) in [5.41, 5.74) is 3.90. The highest BCUT2D eigenvalue weighted by molar-refractivity contribution is 7.84. The van der Waals surface area contributed by atoms with Crippen LogP contribution >= 0.6 is 0 Å². The highest BCUT2D eigenvalue weighted by Crippen LogP contribution is 2.44. The summed E-state index contributed by atoms with van der Waals surface area (Å²) in [4.78, 5) is 21.4. The van der Waals surface area contributed by atoms with E-state index in [0.717, 1.165) is 11.1 Å². The van der Waals surface area contributed by atoms with Gasteiger partial charge in [-0.2, -0.15) is 13.2 Å². The summed E-state index contributed by atoms with van der Waals surface area (Å²) in [5, 5.41) is 11.8. The van der Waals surface area contributed by atoms with Crippen molar-refractivity contribution in [1.29, 1.82) is 0 Å². The Hall–Kier alpha value is -3.15. The highest BCUT2D eigenvalue weighted by Gasteiger charge is 2.40. The Morgan fingerprint density at radius 3 is 2.47 bits per heavy atom. The average molecular weight is 547 g/mol. The predicted molar refractivity (Wildman–Crippen MR) is 139 cm³/mol. The maximum atomic E-state index is 13.5. The molecule has 2 atom stereocenters. The Morgan fingerprint density at radius 2 is 1.84 bits per heavy atom. The number of alkyl halides is 3. The predicted octanol–water partition coefficient (Wildman–Crippen LogP) is 4.80. The lowest BCUT2D eigenvalue weighted by molar-refractivity contribution is -0.123. The van der Waals surface area contributed by atoms with Gasteiger partial charge in [-0.05, 0) is 56.5 Å². The van der Waals surface area contributed by atoms with Gasteiger partial charge < -0.3 is 10.4 Å². The fourth-order valence-corrected chi connectivity index (χ4v) is 5.86. The van der Waals surface area contributed by atoms with Crippen LogP contribution in [0.2, 0.25) is 0 Å². The van der Waals surface area contributed by atoms with Gasteiger partial charge >= 0.3 is 6.18 Å². The molecule has 0 radical (unpaired) electrons. The van der Waals surface area contributed by atoms with Gasteiger partial charge in [0, 0.05) is 42.2 Å². The molecule has 11 heteroatoms. The summed E-state index contributed by atoms with van der Waals surface area (Å²) in [7, 11) is -1.46. The standard InChI is InChI=1S/C27H29F3N4O3S/c1-26(2,3)38(37)34-15-20-13-21(25(36)32-16-27(28,29)30)33-24(23(20)22(34)9-11-35)18-7-4-6-17(12-18)19-8-5-10-31-14-19/h4-8,10,12-14,22,35H,9,11,15-16H2,1-3H3,(H,32,36)/t22-,38?/m1/s1. The number of hydrogen-bond donors (Lipinski definition) is 2. The molecule has 0 fully saturated rings. The lowest BCUT2D eigenvalue weighted by Gasteiger charge is -2.30. The van der Waals surface area contributed by atoms with Crippen LogP contribution in [0.4, 0.5) is 13.2 Å². The number of nitrogens with zero attached hydrogens (tertiary/aromatic N) is 3. The first-order valence-electron chi connectivity index (χ1n) is 12.1. The van der Waals surface area contributed by atoms with Crippen molar-refractivity contribution in [1.82, 2.24) is 19.6 Å². The van der Waals surface area contributed by atoms with E-state index in [0.29, 0.717) is 22.4 Å². The monoisotopic (exact) mass is 546 g/mol. The normalized spacial score (nSPS) is 16.8. The van der Waals surface area contributed by atoms with Crippen molar-refractivity contribution in [3.05, 3.63) is 71.7 Å². The van der Waals surface area contributed by atoms with Crippen LogP contribution < -0.4 is 5.32 Å². The zero-order chi connectivity index (χ0) is 27.7. The molecule has 0 aliphatic carbocycles. The van der Waals surface area contributed by atoms with Crippen LogP contribution in [0, 0.1) is 0 Å². The number of rotatable bonds is 7. The third-order valence-corrected chi connectivity index (χ3v) is 7.96. The van der Waals surface area contributed by atoms with Crippen molar-refractivity contribution in [3.63, 3.8) is 0 Å². The zero-order valence-corrected chi connectivity index (χ0v) is 22.1. The summed E-state index contributed by atoms with van der Waals surface area (Å²) in [5.74, 6) is -0.955. The molecule has 202 valence electrons. The van der Waals surface area contributed by atoms with E-state index in [9.17, 15) is 27.3 Å². The van der Waals surface area contributed by atoms with Crippen molar-refractivity contribution in [2.24, 2.45) is 0 Å². The van der Waals surface area contributed by atoms with Crippen molar-refractivity contribution in [2.75, 3.05) is 13.2 Å². The smallest absolute Gasteiger partial charge is 0.396 e. The third kappa shape index (κ3) is 6.11. The molecular weight excluding hydrogens is 517 g/mol. The van der Waals surface area contributed by atoms with Gasteiger partial charge in [0.25, 0.3) is 5.91 Å². The van der Waals surface area contributed by atoms with Crippen molar-refractivity contribution < 1.29 is 27.3 Å². The molecule has 3 aromatic rings. The van der Waals surface area contributed by atoms with Crippen molar-refractivity contribution in [3.8, 4) is 22.4 Å². The maximum Gasteiger partial charge on any atom is 0.405 e. The molecule has 1 amide bonds. The first-order valence-corrected chi connectivity index (χ1v) is 13.2. The summed E-state index contributed by atoms with van der Waals surface area (Å²) >= 11 is 0. The van der Waals surface area contributed by atoms with Crippen LogP contribution in [-0.2, 0) is 17.5 Å².